The predicted octanol–water partition coefficient (Wildman–Crippen LogP) is 4.34. The monoisotopic (exact) mass is 313 g/mol. The Morgan fingerprint density at radius 3 is 2.75 bits per heavy atom. The number of pyridine rings is 2. The van der Waals surface area contributed by atoms with Gasteiger partial charge < -0.3 is 5.32 Å². The first-order chi connectivity index (χ1) is 11.7. The Morgan fingerprint density at radius 2 is 1.83 bits per heavy atom. The Balaban J connectivity index is 1.74. The summed E-state index contributed by atoms with van der Waals surface area (Å²) in [5, 5.41) is 6.02. The molecule has 0 aliphatic carbocycles. The Labute approximate surface area is 139 Å². The van der Waals surface area contributed by atoms with Gasteiger partial charge in [-0.15, -0.1) is 0 Å². The van der Waals surface area contributed by atoms with E-state index in [0.717, 1.165) is 32.9 Å². The van der Waals surface area contributed by atoms with Crippen molar-refractivity contribution < 1.29 is 4.79 Å². The van der Waals surface area contributed by atoms with Crippen molar-refractivity contribution in [2.75, 3.05) is 5.32 Å². The first kappa shape index (κ1) is 14.3. The van der Waals surface area contributed by atoms with Gasteiger partial charge in [0.05, 0.1) is 11.1 Å². The summed E-state index contributed by atoms with van der Waals surface area (Å²) in [7, 11) is 0. The molecule has 0 aliphatic heterocycles. The first-order valence-electron chi connectivity index (χ1n) is 7.72. The van der Waals surface area contributed by atoms with Gasteiger partial charge in [0, 0.05) is 35.1 Å². The molecular weight excluding hydrogens is 298 g/mol. The van der Waals surface area contributed by atoms with E-state index in [9.17, 15) is 4.79 Å². The number of fused-ring (bicyclic) bond motifs is 2. The maximum Gasteiger partial charge on any atom is 0.258 e. The average molecular weight is 313 g/mol. The molecule has 4 heteroatoms. The summed E-state index contributed by atoms with van der Waals surface area (Å²) in [6.45, 7) is 1.93. The summed E-state index contributed by atoms with van der Waals surface area (Å²) in [4.78, 5) is 21.3. The quantitative estimate of drug-likeness (QED) is 0.599. The van der Waals surface area contributed by atoms with E-state index in [0.29, 0.717) is 5.56 Å². The van der Waals surface area contributed by atoms with Gasteiger partial charge in [-0.05, 0) is 42.1 Å². The number of hydrogen-bond acceptors (Lipinski definition) is 3. The van der Waals surface area contributed by atoms with Gasteiger partial charge in [-0.3, -0.25) is 14.8 Å². The lowest BCUT2D eigenvalue weighted by Gasteiger charge is -2.11. The van der Waals surface area contributed by atoms with Gasteiger partial charge in [0.15, 0.2) is 0 Å². The predicted molar refractivity (Wildman–Crippen MR) is 96.2 cm³/mol. The maximum absolute atomic E-state index is 12.8. The molecule has 0 fully saturated rings. The molecular formula is C20H15N3O. The van der Waals surface area contributed by atoms with Crippen LogP contribution in [0.1, 0.15) is 15.9 Å². The molecule has 2 aromatic carbocycles. The van der Waals surface area contributed by atoms with Gasteiger partial charge in [-0.25, -0.2) is 0 Å². The lowest BCUT2D eigenvalue weighted by molar-refractivity contribution is 0.102. The van der Waals surface area contributed by atoms with Crippen LogP contribution in [0.3, 0.4) is 0 Å². The highest BCUT2D eigenvalue weighted by Crippen LogP contribution is 2.23. The van der Waals surface area contributed by atoms with Crippen LogP contribution in [-0.4, -0.2) is 15.9 Å². The molecule has 4 aromatic rings. The van der Waals surface area contributed by atoms with Crippen molar-refractivity contribution in [2.45, 2.75) is 6.92 Å². The average Bonchev–Trinajstić information content (AvgIpc) is 2.61. The van der Waals surface area contributed by atoms with E-state index in [4.69, 9.17) is 0 Å². The number of hydrogen-bond donors (Lipinski definition) is 1. The molecule has 0 bridgehead atoms. The Hall–Kier alpha value is -3.27. The van der Waals surface area contributed by atoms with Crippen LogP contribution in [0.5, 0.6) is 0 Å². The van der Waals surface area contributed by atoms with Gasteiger partial charge >= 0.3 is 0 Å². The number of nitrogens with zero attached hydrogens (tertiary/aromatic N) is 2. The fraction of sp³-hybridized carbons (Fsp3) is 0.0500. The first-order valence-corrected chi connectivity index (χ1v) is 7.72. The molecule has 0 unspecified atom stereocenters. The third kappa shape index (κ3) is 2.48. The number of carbonyl (C=O) groups is 1. The summed E-state index contributed by atoms with van der Waals surface area (Å²) in [6, 6.07) is 15.5. The molecule has 0 aliphatic rings. The molecule has 1 N–H and O–H groups in total. The summed E-state index contributed by atoms with van der Waals surface area (Å²) < 4.78 is 0. The summed E-state index contributed by atoms with van der Waals surface area (Å²) in [6.07, 6.45) is 5.26. The number of nitrogens with one attached hydrogen (secondary N) is 1. The summed E-state index contributed by atoms with van der Waals surface area (Å²) >= 11 is 0. The second kappa shape index (κ2) is 5.74. The number of anilines is 1. The van der Waals surface area contributed by atoms with E-state index in [2.05, 4.69) is 15.3 Å². The van der Waals surface area contributed by atoms with Gasteiger partial charge in [0.25, 0.3) is 5.91 Å². The van der Waals surface area contributed by atoms with Crippen molar-refractivity contribution in [3.8, 4) is 0 Å². The number of carbonyl (C=O) groups excluding carboxylic acids is 1. The number of amides is 1. The zero-order valence-corrected chi connectivity index (χ0v) is 13.2. The van der Waals surface area contributed by atoms with Gasteiger partial charge in [0.2, 0.25) is 0 Å². The van der Waals surface area contributed by atoms with Crippen molar-refractivity contribution in [1.82, 2.24) is 9.97 Å². The Kier molecular flexibility index (Phi) is 3.43. The van der Waals surface area contributed by atoms with Gasteiger partial charge in [-0.2, -0.15) is 0 Å². The summed E-state index contributed by atoms with van der Waals surface area (Å²) in [5.74, 6) is -0.148. The normalized spacial score (nSPS) is 10.9. The second-order valence-corrected chi connectivity index (χ2v) is 5.72. The highest BCUT2D eigenvalue weighted by molar-refractivity contribution is 6.13. The van der Waals surface area contributed by atoms with Crippen LogP contribution in [0.25, 0.3) is 21.7 Å². The zero-order valence-electron chi connectivity index (χ0n) is 13.2. The molecule has 0 saturated carbocycles. The minimum atomic E-state index is -0.148. The van der Waals surface area contributed by atoms with Crippen LogP contribution in [0.15, 0.2) is 67.1 Å². The number of aryl methyl sites for hydroxylation is 1. The van der Waals surface area contributed by atoms with Crippen LogP contribution in [0.4, 0.5) is 5.69 Å². The van der Waals surface area contributed by atoms with Crippen molar-refractivity contribution in [3.63, 3.8) is 0 Å². The van der Waals surface area contributed by atoms with Crippen LogP contribution >= 0.6 is 0 Å². The molecule has 0 saturated heterocycles. The van der Waals surface area contributed by atoms with Crippen LogP contribution < -0.4 is 5.32 Å². The van der Waals surface area contributed by atoms with E-state index in [1.165, 1.54) is 0 Å². The molecule has 0 atom stereocenters. The highest BCUT2D eigenvalue weighted by atomic mass is 16.1. The number of aromatic nitrogens is 2. The van der Waals surface area contributed by atoms with Crippen LogP contribution in [0.2, 0.25) is 0 Å². The van der Waals surface area contributed by atoms with Crippen molar-refractivity contribution in [2.24, 2.45) is 0 Å². The summed E-state index contributed by atoms with van der Waals surface area (Å²) in [5.41, 5.74) is 3.00. The molecule has 2 aromatic heterocycles. The lowest BCUT2D eigenvalue weighted by Crippen LogP contribution is -2.14. The second-order valence-electron chi connectivity index (χ2n) is 5.72. The van der Waals surface area contributed by atoms with Gasteiger partial charge in [0.1, 0.15) is 0 Å². The molecule has 116 valence electrons. The van der Waals surface area contributed by atoms with Crippen LogP contribution in [-0.2, 0) is 0 Å². The van der Waals surface area contributed by atoms with E-state index in [-0.39, 0.29) is 5.91 Å². The Morgan fingerprint density at radius 1 is 0.958 bits per heavy atom. The molecule has 24 heavy (non-hydrogen) atoms. The molecule has 4 nitrogen and oxygen atoms in total. The largest absolute Gasteiger partial charge is 0.322 e. The minimum absolute atomic E-state index is 0.148. The fourth-order valence-corrected chi connectivity index (χ4v) is 2.89. The van der Waals surface area contributed by atoms with E-state index >= 15 is 0 Å². The lowest BCUT2D eigenvalue weighted by atomic mass is 10.0. The van der Waals surface area contributed by atoms with Crippen LogP contribution in [0, 0.1) is 6.92 Å². The minimum Gasteiger partial charge on any atom is -0.322 e. The standard InChI is InChI=1S/C20H15N3O/c1-13-4-5-14-3-2-9-22-19(14)18(13)20(24)23-17-7-6-16-12-21-10-8-15(16)11-17/h2-12H,1H3,(H,23,24). The maximum atomic E-state index is 12.8. The van der Waals surface area contributed by atoms with Crippen molar-refractivity contribution >= 4 is 33.3 Å². The van der Waals surface area contributed by atoms with E-state index in [1.54, 1.807) is 18.6 Å². The molecule has 4 rings (SSSR count). The number of rotatable bonds is 2. The molecule has 1 amide bonds. The van der Waals surface area contributed by atoms with E-state index < -0.39 is 0 Å². The van der Waals surface area contributed by atoms with E-state index in [1.807, 2.05) is 55.5 Å². The topological polar surface area (TPSA) is 54.9 Å². The number of benzene rings is 2. The zero-order chi connectivity index (χ0) is 16.5. The van der Waals surface area contributed by atoms with Crippen molar-refractivity contribution in [1.29, 1.82) is 0 Å². The molecule has 0 spiro atoms. The fourth-order valence-electron chi connectivity index (χ4n) is 2.89. The highest BCUT2D eigenvalue weighted by Gasteiger charge is 2.14. The smallest absolute Gasteiger partial charge is 0.258 e. The molecule has 2 heterocycles. The SMILES string of the molecule is Cc1ccc2cccnc2c1C(=O)Nc1ccc2cnccc2c1. The Bertz CT molecular complexity index is 1070. The molecule has 0 radical (unpaired) electrons. The van der Waals surface area contributed by atoms with Crippen molar-refractivity contribution in [3.05, 3.63) is 78.2 Å². The third-order valence-corrected chi connectivity index (χ3v) is 4.11. The third-order valence-electron chi connectivity index (χ3n) is 4.11. The van der Waals surface area contributed by atoms with Gasteiger partial charge in [-0.1, -0.05) is 24.3 Å².